The molecular formula is C20H24N2O3S. The molecule has 6 heteroatoms. The molecule has 1 heterocycles. The van der Waals surface area contributed by atoms with Gasteiger partial charge in [0.15, 0.2) is 0 Å². The Balaban J connectivity index is 1.75. The van der Waals surface area contributed by atoms with Gasteiger partial charge in [-0.05, 0) is 69.5 Å². The molecule has 1 atom stereocenters. The van der Waals surface area contributed by atoms with Crippen molar-refractivity contribution in [1.29, 1.82) is 0 Å². The van der Waals surface area contributed by atoms with E-state index in [1.165, 1.54) is 12.1 Å². The molecule has 0 unspecified atom stereocenters. The number of carbonyl (C=O) groups excluding carboxylic acids is 1. The van der Waals surface area contributed by atoms with Crippen LogP contribution in [0.3, 0.4) is 0 Å². The number of piperidine rings is 1. The number of aryl methyl sites for hydroxylation is 1. The summed E-state index contributed by atoms with van der Waals surface area (Å²) in [6.45, 7) is 4.76. The van der Waals surface area contributed by atoms with Crippen molar-refractivity contribution >= 4 is 21.6 Å². The van der Waals surface area contributed by atoms with E-state index in [0.717, 1.165) is 31.4 Å². The first-order chi connectivity index (χ1) is 12.4. The van der Waals surface area contributed by atoms with Gasteiger partial charge in [0, 0.05) is 23.8 Å². The standard InChI is InChI=1S/C20H24N2O3S/c1-15-6-10-18(11-7-15)21-26(24,25)19-12-8-17(9-13-19)20(23)22-14-4-3-5-16(22)2/h6-13,16,21H,3-5,14H2,1-2H3/t16-/m1/s1. The van der Waals surface area contributed by atoms with Gasteiger partial charge in [-0.3, -0.25) is 9.52 Å². The Hall–Kier alpha value is -2.34. The minimum absolute atomic E-state index is 0.0346. The minimum atomic E-state index is -3.68. The van der Waals surface area contributed by atoms with Crippen molar-refractivity contribution in [3.05, 3.63) is 59.7 Å². The Labute approximate surface area is 155 Å². The highest BCUT2D eigenvalue weighted by Crippen LogP contribution is 2.21. The van der Waals surface area contributed by atoms with E-state index in [-0.39, 0.29) is 16.8 Å². The maximum absolute atomic E-state index is 12.7. The number of benzene rings is 2. The molecule has 0 aromatic heterocycles. The van der Waals surface area contributed by atoms with Crippen molar-refractivity contribution in [2.75, 3.05) is 11.3 Å². The number of rotatable bonds is 4. The van der Waals surface area contributed by atoms with Crippen LogP contribution in [0.4, 0.5) is 5.69 Å². The van der Waals surface area contributed by atoms with Crippen molar-refractivity contribution in [3.8, 4) is 0 Å². The number of nitrogens with one attached hydrogen (secondary N) is 1. The normalized spacial score (nSPS) is 17.8. The monoisotopic (exact) mass is 372 g/mol. The molecule has 2 aromatic rings. The zero-order valence-electron chi connectivity index (χ0n) is 15.1. The first-order valence-electron chi connectivity index (χ1n) is 8.87. The van der Waals surface area contributed by atoms with Crippen LogP contribution >= 0.6 is 0 Å². The van der Waals surface area contributed by atoms with Crippen molar-refractivity contribution in [2.24, 2.45) is 0 Å². The largest absolute Gasteiger partial charge is 0.336 e. The van der Waals surface area contributed by atoms with Gasteiger partial charge in [0.1, 0.15) is 0 Å². The lowest BCUT2D eigenvalue weighted by Gasteiger charge is -2.33. The average molecular weight is 372 g/mol. The van der Waals surface area contributed by atoms with Gasteiger partial charge in [-0.2, -0.15) is 0 Å². The van der Waals surface area contributed by atoms with Crippen LogP contribution in [0.1, 0.15) is 42.1 Å². The molecule has 0 radical (unpaired) electrons. The Morgan fingerprint density at radius 3 is 2.31 bits per heavy atom. The Morgan fingerprint density at radius 1 is 1.04 bits per heavy atom. The number of likely N-dealkylation sites (tertiary alicyclic amines) is 1. The predicted molar refractivity (Wildman–Crippen MR) is 103 cm³/mol. The van der Waals surface area contributed by atoms with Gasteiger partial charge in [0.2, 0.25) is 0 Å². The zero-order chi connectivity index (χ0) is 18.7. The van der Waals surface area contributed by atoms with Crippen LogP contribution in [0, 0.1) is 6.92 Å². The number of nitrogens with zero attached hydrogens (tertiary/aromatic N) is 1. The average Bonchev–Trinajstić information content (AvgIpc) is 2.63. The predicted octanol–water partition coefficient (Wildman–Crippen LogP) is 3.81. The zero-order valence-corrected chi connectivity index (χ0v) is 15.9. The molecule has 5 nitrogen and oxygen atoms in total. The lowest BCUT2D eigenvalue weighted by Crippen LogP contribution is -2.42. The molecule has 0 spiro atoms. The van der Waals surface area contributed by atoms with Gasteiger partial charge in [0.25, 0.3) is 15.9 Å². The van der Waals surface area contributed by atoms with Crippen LogP contribution < -0.4 is 4.72 Å². The summed E-state index contributed by atoms with van der Waals surface area (Å²) in [6.07, 6.45) is 3.18. The molecular weight excluding hydrogens is 348 g/mol. The molecule has 1 fully saturated rings. The molecule has 0 aliphatic carbocycles. The van der Waals surface area contributed by atoms with Gasteiger partial charge in [-0.1, -0.05) is 17.7 Å². The van der Waals surface area contributed by atoms with E-state index >= 15 is 0 Å². The maximum Gasteiger partial charge on any atom is 0.261 e. The summed E-state index contributed by atoms with van der Waals surface area (Å²) in [6, 6.07) is 13.5. The molecule has 1 aliphatic rings. The maximum atomic E-state index is 12.7. The number of hydrogen-bond acceptors (Lipinski definition) is 3. The van der Waals surface area contributed by atoms with Gasteiger partial charge >= 0.3 is 0 Å². The fourth-order valence-corrected chi connectivity index (χ4v) is 4.24. The van der Waals surface area contributed by atoms with E-state index < -0.39 is 10.0 Å². The second-order valence-electron chi connectivity index (χ2n) is 6.84. The van der Waals surface area contributed by atoms with E-state index in [1.807, 2.05) is 24.0 Å². The second kappa shape index (κ2) is 7.50. The van der Waals surface area contributed by atoms with E-state index in [9.17, 15) is 13.2 Å². The van der Waals surface area contributed by atoms with Crippen molar-refractivity contribution in [1.82, 2.24) is 4.90 Å². The highest BCUT2D eigenvalue weighted by Gasteiger charge is 2.24. The third-order valence-electron chi connectivity index (χ3n) is 4.78. The molecule has 2 aromatic carbocycles. The fourth-order valence-electron chi connectivity index (χ4n) is 3.18. The molecule has 1 N–H and O–H groups in total. The van der Waals surface area contributed by atoms with Gasteiger partial charge in [0.05, 0.1) is 4.90 Å². The lowest BCUT2D eigenvalue weighted by molar-refractivity contribution is 0.0635. The molecule has 3 rings (SSSR count). The second-order valence-corrected chi connectivity index (χ2v) is 8.52. The van der Waals surface area contributed by atoms with Crippen LogP contribution in [0.15, 0.2) is 53.4 Å². The van der Waals surface area contributed by atoms with Crippen LogP contribution in [0.2, 0.25) is 0 Å². The summed E-state index contributed by atoms with van der Waals surface area (Å²) in [5.74, 6) is -0.0346. The van der Waals surface area contributed by atoms with Crippen LogP contribution in [0.5, 0.6) is 0 Å². The Bertz CT molecular complexity index is 874. The lowest BCUT2D eigenvalue weighted by atomic mass is 10.0. The van der Waals surface area contributed by atoms with E-state index in [2.05, 4.69) is 11.6 Å². The summed E-state index contributed by atoms with van der Waals surface area (Å²) in [5, 5.41) is 0. The topological polar surface area (TPSA) is 66.5 Å². The third kappa shape index (κ3) is 4.07. The molecule has 138 valence electrons. The van der Waals surface area contributed by atoms with E-state index in [0.29, 0.717) is 11.3 Å². The molecule has 26 heavy (non-hydrogen) atoms. The number of carbonyl (C=O) groups is 1. The highest BCUT2D eigenvalue weighted by atomic mass is 32.2. The van der Waals surface area contributed by atoms with Crippen LogP contribution in [-0.2, 0) is 10.0 Å². The van der Waals surface area contributed by atoms with Crippen LogP contribution in [-0.4, -0.2) is 31.8 Å². The van der Waals surface area contributed by atoms with E-state index in [4.69, 9.17) is 0 Å². The summed E-state index contributed by atoms with van der Waals surface area (Å²) >= 11 is 0. The summed E-state index contributed by atoms with van der Waals surface area (Å²) in [7, 11) is -3.68. The van der Waals surface area contributed by atoms with Crippen molar-refractivity contribution in [3.63, 3.8) is 0 Å². The number of sulfonamides is 1. The van der Waals surface area contributed by atoms with E-state index in [1.54, 1.807) is 24.3 Å². The highest BCUT2D eigenvalue weighted by molar-refractivity contribution is 7.92. The number of hydrogen-bond donors (Lipinski definition) is 1. The number of amides is 1. The summed E-state index contributed by atoms with van der Waals surface area (Å²) in [5.41, 5.74) is 2.09. The number of anilines is 1. The van der Waals surface area contributed by atoms with Gasteiger partial charge in [-0.15, -0.1) is 0 Å². The third-order valence-corrected chi connectivity index (χ3v) is 6.18. The fraction of sp³-hybridized carbons (Fsp3) is 0.350. The summed E-state index contributed by atoms with van der Waals surface area (Å²) in [4.78, 5) is 14.7. The quantitative estimate of drug-likeness (QED) is 0.887. The van der Waals surface area contributed by atoms with Crippen LogP contribution in [0.25, 0.3) is 0 Å². The molecule has 1 saturated heterocycles. The summed E-state index contributed by atoms with van der Waals surface area (Å²) < 4.78 is 27.6. The smallest absolute Gasteiger partial charge is 0.261 e. The Morgan fingerprint density at radius 2 is 1.69 bits per heavy atom. The molecule has 1 aliphatic heterocycles. The Kier molecular flexibility index (Phi) is 5.32. The molecule has 1 amide bonds. The minimum Gasteiger partial charge on any atom is -0.336 e. The first kappa shape index (κ1) is 18.5. The van der Waals surface area contributed by atoms with Gasteiger partial charge < -0.3 is 4.90 Å². The van der Waals surface area contributed by atoms with Crippen molar-refractivity contribution < 1.29 is 13.2 Å². The van der Waals surface area contributed by atoms with Crippen molar-refractivity contribution in [2.45, 2.75) is 44.0 Å². The SMILES string of the molecule is Cc1ccc(NS(=O)(=O)c2ccc(C(=O)N3CCCC[C@H]3C)cc2)cc1. The van der Waals surface area contributed by atoms with Gasteiger partial charge in [-0.25, -0.2) is 8.42 Å². The molecule has 0 bridgehead atoms. The molecule has 0 saturated carbocycles. The first-order valence-corrected chi connectivity index (χ1v) is 10.4.